The quantitative estimate of drug-likeness (QED) is 0.867. The highest BCUT2D eigenvalue weighted by atomic mass is 35.5. The first-order chi connectivity index (χ1) is 11.0. The van der Waals surface area contributed by atoms with Gasteiger partial charge in [0.2, 0.25) is 0 Å². The zero-order valence-electron chi connectivity index (χ0n) is 13.4. The van der Waals surface area contributed by atoms with Crippen LogP contribution in [0.2, 0.25) is 5.02 Å². The normalized spacial score (nSPS) is 10.5. The number of hydrogen-bond donors (Lipinski definition) is 1. The van der Waals surface area contributed by atoms with E-state index < -0.39 is 0 Å². The van der Waals surface area contributed by atoms with E-state index in [9.17, 15) is 4.79 Å². The van der Waals surface area contributed by atoms with E-state index >= 15 is 0 Å². The van der Waals surface area contributed by atoms with Crippen molar-refractivity contribution < 1.29 is 14.3 Å². The second-order valence-corrected chi connectivity index (χ2v) is 5.73. The highest BCUT2D eigenvalue weighted by molar-refractivity contribution is 6.32. The Kier molecular flexibility index (Phi) is 5.88. The second-order valence-electron chi connectivity index (χ2n) is 5.32. The molecule has 1 amide bonds. The van der Waals surface area contributed by atoms with Crippen molar-refractivity contribution in [2.24, 2.45) is 0 Å². The molecule has 122 valence electrons. The number of carbonyl (C=O) groups excluding carboxylic acids is 1. The first-order valence-electron chi connectivity index (χ1n) is 7.37. The topological polar surface area (TPSA) is 47.6 Å². The van der Waals surface area contributed by atoms with Gasteiger partial charge in [-0.15, -0.1) is 0 Å². The van der Waals surface area contributed by atoms with Crippen LogP contribution in [-0.4, -0.2) is 19.1 Å². The second kappa shape index (κ2) is 7.88. The largest absolute Gasteiger partial charge is 0.493 e. The van der Waals surface area contributed by atoms with Gasteiger partial charge in [-0.1, -0.05) is 41.9 Å². The molecule has 23 heavy (non-hydrogen) atoms. The Morgan fingerprint density at radius 1 is 1.22 bits per heavy atom. The van der Waals surface area contributed by atoms with Gasteiger partial charge in [-0.25, -0.2) is 0 Å². The molecule has 1 N–H and O–H groups in total. The number of halogens is 1. The summed E-state index contributed by atoms with van der Waals surface area (Å²) in [6.07, 6.45) is -0.0424. The molecule has 0 saturated heterocycles. The fourth-order valence-corrected chi connectivity index (χ4v) is 2.34. The van der Waals surface area contributed by atoms with E-state index in [1.165, 1.54) is 7.11 Å². The number of hydrogen-bond acceptors (Lipinski definition) is 3. The minimum Gasteiger partial charge on any atom is -0.493 e. The minimum atomic E-state index is -0.217. The lowest BCUT2D eigenvalue weighted by Crippen LogP contribution is -2.23. The Morgan fingerprint density at radius 3 is 2.52 bits per heavy atom. The summed E-state index contributed by atoms with van der Waals surface area (Å²) in [6, 6.07) is 12.9. The Morgan fingerprint density at radius 2 is 1.91 bits per heavy atom. The van der Waals surface area contributed by atoms with Crippen LogP contribution in [0.25, 0.3) is 0 Å². The molecule has 2 aromatic rings. The number of ether oxygens (including phenoxy) is 2. The molecule has 0 atom stereocenters. The van der Waals surface area contributed by atoms with Crippen molar-refractivity contribution in [1.82, 2.24) is 5.32 Å². The number of methoxy groups -OCH3 is 1. The third kappa shape index (κ3) is 4.63. The lowest BCUT2D eigenvalue weighted by Gasteiger charge is -2.16. The van der Waals surface area contributed by atoms with Gasteiger partial charge in [0.25, 0.3) is 5.91 Å². The summed E-state index contributed by atoms with van der Waals surface area (Å²) < 4.78 is 10.9. The molecule has 0 aromatic heterocycles. The first kappa shape index (κ1) is 17.2. The smallest absolute Gasteiger partial charge is 0.251 e. The van der Waals surface area contributed by atoms with Crippen LogP contribution in [0.4, 0.5) is 0 Å². The summed E-state index contributed by atoms with van der Waals surface area (Å²) in [4.78, 5) is 12.3. The molecule has 0 unspecified atom stereocenters. The average molecular weight is 334 g/mol. The Labute approximate surface area is 141 Å². The van der Waals surface area contributed by atoms with Crippen molar-refractivity contribution >= 4 is 17.5 Å². The van der Waals surface area contributed by atoms with Crippen LogP contribution in [0.3, 0.4) is 0 Å². The summed E-state index contributed by atoms with van der Waals surface area (Å²) in [7, 11) is 1.52. The minimum absolute atomic E-state index is 0.0424. The van der Waals surface area contributed by atoms with Gasteiger partial charge >= 0.3 is 0 Å². The Balaban J connectivity index is 2.15. The number of nitrogens with one attached hydrogen (secondary N) is 1. The van der Waals surface area contributed by atoms with Crippen molar-refractivity contribution in [2.75, 3.05) is 7.11 Å². The Hall–Kier alpha value is -2.20. The zero-order chi connectivity index (χ0) is 16.8. The molecular weight excluding hydrogens is 314 g/mol. The van der Waals surface area contributed by atoms with Gasteiger partial charge in [0, 0.05) is 12.1 Å². The van der Waals surface area contributed by atoms with Crippen LogP contribution in [0.1, 0.15) is 29.8 Å². The highest BCUT2D eigenvalue weighted by Gasteiger charge is 2.16. The lowest BCUT2D eigenvalue weighted by atomic mass is 10.1. The zero-order valence-corrected chi connectivity index (χ0v) is 14.2. The standard InChI is InChI=1S/C18H20ClNO3/c1-12(2)23-17-15(19)9-14(10-16(17)22-3)18(21)20-11-13-7-5-4-6-8-13/h4-10,12H,11H2,1-3H3,(H,20,21). The van der Waals surface area contributed by atoms with Gasteiger partial charge in [0.15, 0.2) is 11.5 Å². The number of amides is 1. The van der Waals surface area contributed by atoms with E-state index in [2.05, 4.69) is 5.32 Å². The number of rotatable bonds is 6. The van der Waals surface area contributed by atoms with Crippen LogP contribution in [0.15, 0.2) is 42.5 Å². The summed E-state index contributed by atoms with van der Waals surface area (Å²) in [6.45, 7) is 4.25. The van der Waals surface area contributed by atoms with Gasteiger partial charge < -0.3 is 14.8 Å². The molecule has 0 aliphatic heterocycles. The van der Waals surface area contributed by atoms with E-state index in [0.717, 1.165) is 5.56 Å². The molecule has 0 bridgehead atoms. The molecule has 0 aliphatic carbocycles. The molecule has 0 fully saturated rings. The van der Waals surface area contributed by atoms with Crippen molar-refractivity contribution in [3.05, 3.63) is 58.6 Å². The van der Waals surface area contributed by atoms with Gasteiger partial charge in [-0.05, 0) is 31.5 Å². The van der Waals surface area contributed by atoms with Crippen molar-refractivity contribution in [1.29, 1.82) is 0 Å². The lowest BCUT2D eigenvalue weighted by molar-refractivity contribution is 0.0950. The summed E-state index contributed by atoms with van der Waals surface area (Å²) in [5.74, 6) is 0.671. The fourth-order valence-electron chi connectivity index (χ4n) is 2.08. The molecule has 0 saturated carbocycles. The third-order valence-corrected chi connectivity index (χ3v) is 3.42. The van der Waals surface area contributed by atoms with Crippen LogP contribution in [0.5, 0.6) is 11.5 Å². The van der Waals surface area contributed by atoms with Crippen LogP contribution in [0, 0.1) is 0 Å². The maximum Gasteiger partial charge on any atom is 0.251 e. The van der Waals surface area contributed by atoms with E-state index in [-0.39, 0.29) is 12.0 Å². The summed E-state index contributed by atoms with van der Waals surface area (Å²) in [5, 5.41) is 3.21. The van der Waals surface area contributed by atoms with Crippen LogP contribution < -0.4 is 14.8 Å². The SMILES string of the molecule is COc1cc(C(=O)NCc2ccccc2)cc(Cl)c1OC(C)C. The molecule has 0 spiro atoms. The van der Waals surface area contributed by atoms with E-state index in [0.29, 0.717) is 28.6 Å². The molecule has 2 aromatic carbocycles. The number of benzene rings is 2. The van der Waals surface area contributed by atoms with Crippen molar-refractivity contribution in [3.63, 3.8) is 0 Å². The molecule has 4 nitrogen and oxygen atoms in total. The maximum absolute atomic E-state index is 12.3. The molecule has 0 heterocycles. The molecule has 2 rings (SSSR count). The summed E-state index contributed by atoms with van der Waals surface area (Å²) in [5.41, 5.74) is 1.46. The van der Waals surface area contributed by atoms with Gasteiger partial charge in [0.05, 0.1) is 18.2 Å². The first-order valence-corrected chi connectivity index (χ1v) is 7.75. The average Bonchev–Trinajstić information content (AvgIpc) is 2.54. The van der Waals surface area contributed by atoms with Gasteiger partial charge in [-0.2, -0.15) is 0 Å². The van der Waals surface area contributed by atoms with Gasteiger partial charge in [0.1, 0.15) is 0 Å². The predicted octanol–water partition coefficient (Wildman–Crippen LogP) is 4.07. The predicted molar refractivity (Wildman–Crippen MR) is 91.4 cm³/mol. The maximum atomic E-state index is 12.3. The fraction of sp³-hybridized carbons (Fsp3) is 0.278. The van der Waals surface area contributed by atoms with E-state index in [1.54, 1.807) is 12.1 Å². The molecule has 0 radical (unpaired) electrons. The number of carbonyl (C=O) groups is 1. The third-order valence-electron chi connectivity index (χ3n) is 3.14. The van der Waals surface area contributed by atoms with E-state index in [1.807, 2.05) is 44.2 Å². The van der Waals surface area contributed by atoms with Crippen LogP contribution >= 0.6 is 11.6 Å². The van der Waals surface area contributed by atoms with Crippen molar-refractivity contribution in [3.8, 4) is 11.5 Å². The molecule has 5 heteroatoms. The Bertz CT molecular complexity index is 671. The summed E-state index contributed by atoms with van der Waals surface area (Å²) >= 11 is 6.23. The van der Waals surface area contributed by atoms with Gasteiger partial charge in [-0.3, -0.25) is 4.79 Å². The van der Waals surface area contributed by atoms with E-state index in [4.69, 9.17) is 21.1 Å². The van der Waals surface area contributed by atoms with Crippen LogP contribution in [-0.2, 0) is 6.54 Å². The van der Waals surface area contributed by atoms with Crippen molar-refractivity contribution in [2.45, 2.75) is 26.5 Å². The highest BCUT2D eigenvalue weighted by Crippen LogP contribution is 2.37. The molecule has 0 aliphatic rings. The molecular formula is C18H20ClNO3. The monoisotopic (exact) mass is 333 g/mol.